The van der Waals surface area contributed by atoms with Gasteiger partial charge < -0.3 is 9.47 Å². The standard InChI is InChI=1S/C20H14N4O3S/c1-11-3-2-4-13(7-11)19-23-24-17(21)14(18(25)22-20(24)28-19)8-12-5-6-15-16(9-12)27-10-26-15/h2-9,21H,10H2,1H3/b14-8-,21-17?. The van der Waals surface area contributed by atoms with Crippen molar-refractivity contribution in [1.82, 2.24) is 5.01 Å². The van der Waals surface area contributed by atoms with Crippen LogP contribution in [0.1, 0.15) is 16.7 Å². The molecule has 3 aliphatic heterocycles. The molecule has 2 aromatic rings. The lowest BCUT2D eigenvalue weighted by atomic mass is 10.1. The van der Waals surface area contributed by atoms with Gasteiger partial charge in [0.15, 0.2) is 17.3 Å². The number of carbonyl (C=O) groups excluding carboxylic acids is 1. The molecular formula is C20H14N4O3S. The first-order valence-electron chi connectivity index (χ1n) is 8.55. The molecule has 0 saturated heterocycles. The number of hydrazone groups is 1. The first-order valence-corrected chi connectivity index (χ1v) is 9.37. The van der Waals surface area contributed by atoms with Gasteiger partial charge in [0.25, 0.3) is 5.91 Å². The molecule has 0 spiro atoms. The predicted octanol–water partition coefficient (Wildman–Crippen LogP) is 3.39. The molecule has 3 aliphatic rings. The summed E-state index contributed by atoms with van der Waals surface area (Å²) in [7, 11) is 0. The first-order chi connectivity index (χ1) is 13.6. The van der Waals surface area contributed by atoms with Crippen LogP contribution >= 0.6 is 11.8 Å². The number of fused-ring (bicyclic) bond motifs is 2. The summed E-state index contributed by atoms with van der Waals surface area (Å²) in [6.07, 6.45) is 1.62. The Bertz CT molecular complexity index is 1140. The van der Waals surface area contributed by atoms with Crippen LogP contribution in [0.4, 0.5) is 0 Å². The van der Waals surface area contributed by atoms with Crippen molar-refractivity contribution >= 4 is 39.8 Å². The van der Waals surface area contributed by atoms with E-state index in [9.17, 15) is 4.79 Å². The van der Waals surface area contributed by atoms with Crippen molar-refractivity contribution in [3.63, 3.8) is 0 Å². The molecule has 0 aliphatic carbocycles. The zero-order chi connectivity index (χ0) is 19.3. The number of hydrogen-bond acceptors (Lipinski definition) is 6. The Hall–Kier alpha value is -3.39. The second-order valence-corrected chi connectivity index (χ2v) is 7.36. The van der Waals surface area contributed by atoms with E-state index in [0.29, 0.717) is 21.7 Å². The lowest BCUT2D eigenvalue weighted by molar-refractivity contribution is -0.114. The molecule has 0 fully saturated rings. The van der Waals surface area contributed by atoms with Crippen molar-refractivity contribution in [1.29, 1.82) is 5.41 Å². The quantitative estimate of drug-likeness (QED) is 0.794. The van der Waals surface area contributed by atoms with Crippen molar-refractivity contribution in [3.8, 4) is 11.5 Å². The molecular weight excluding hydrogens is 376 g/mol. The second kappa shape index (κ2) is 6.35. The number of aryl methyl sites for hydroxylation is 1. The van der Waals surface area contributed by atoms with Crippen LogP contribution in [-0.4, -0.2) is 33.8 Å². The van der Waals surface area contributed by atoms with Crippen LogP contribution in [-0.2, 0) is 4.79 Å². The number of rotatable bonds is 2. The number of hydrogen-bond donors (Lipinski definition) is 1. The Labute approximate surface area is 164 Å². The highest BCUT2D eigenvalue weighted by Crippen LogP contribution is 2.34. The van der Waals surface area contributed by atoms with E-state index in [2.05, 4.69) is 10.1 Å². The van der Waals surface area contributed by atoms with Crippen LogP contribution in [0.15, 0.2) is 58.1 Å². The van der Waals surface area contributed by atoms with Crippen LogP contribution in [0.25, 0.3) is 6.08 Å². The van der Waals surface area contributed by atoms with Gasteiger partial charge in [0.1, 0.15) is 5.04 Å². The number of carbonyl (C=O) groups is 1. The van der Waals surface area contributed by atoms with Crippen molar-refractivity contribution < 1.29 is 14.3 Å². The van der Waals surface area contributed by atoms with Gasteiger partial charge >= 0.3 is 0 Å². The van der Waals surface area contributed by atoms with E-state index in [-0.39, 0.29) is 18.2 Å². The van der Waals surface area contributed by atoms with E-state index in [4.69, 9.17) is 14.9 Å². The fourth-order valence-electron chi connectivity index (χ4n) is 3.06. The maximum atomic E-state index is 12.5. The van der Waals surface area contributed by atoms with Gasteiger partial charge in [-0.25, -0.2) is 0 Å². The summed E-state index contributed by atoms with van der Waals surface area (Å²) in [5.41, 5.74) is 2.95. The molecule has 3 heterocycles. The number of nitrogens with zero attached hydrogens (tertiary/aromatic N) is 3. The minimum Gasteiger partial charge on any atom is -0.454 e. The Morgan fingerprint density at radius 1 is 1.18 bits per heavy atom. The molecule has 1 N–H and O–H groups in total. The Balaban J connectivity index is 1.49. The van der Waals surface area contributed by atoms with Crippen LogP contribution in [0.2, 0.25) is 0 Å². The highest BCUT2D eigenvalue weighted by atomic mass is 32.2. The first kappa shape index (κ1) is 16.8. The summed E-state index contributed by atoms with van der Waals surface area (Å²) in [5.74, 6) is 0.825. The van der Waals surface area contributed by atoms with Gasteiger partial charge in [-0.1, -0.05) is 29.8 Å². The summed E-state index contributed by atoms with van der Waals surface area (Å²) >= 11 is 1.29. The van der Waals surface area contributed by atoms with Crippen molar-refractivity contribution in [2.45, 2.75) is 6.92 Å². The zero-order valence-electron chi connectivity index (χ0n) is 14.8. The summed E-state index contributed by atoms with van der Waals surface area (Å²) in [4.78, 5) is 16.7. The molecule has 28 heavy (non-hydrogen) atoms. The molecule has 0 radical (unpaired) electrons. The summed E-state index contributed by atoms with van der Waals surface area (Å²) < 4.78 is 10.7. The fraction of sp³-hybridized carbons (Fsp3) is 0.100. The Morgan fingerprint density at radius 2 is 2.04 bits per heavy atom. The topological polar surface area (TPSA) is 87.3 Å². The smallest absolute Gasteiger partial charge is 0.283 e. The van der Waals surface area contributed by atoms with E-state index in [1.807, 2.05) is 31.2 Å². The van der Waals surface area contributed by atoms with E-state index in [0.717, 1.165) is 16.7 Å². The number of amidine groups is 2. The minimum absolute atomic E-state index is 0.00261. The molecule has 138 valence electrons. The largest absolute Gasteiger partial charge is 0.454 e. The van der Waals surface area contributed by atoms with E-state index in [1.54, 1.807) is 24.3 Å². The number of thioether (sulfide) groups is 1. The number of amides is 1. The molecule has 0 unspecified atom stereocenters. The van der Waals surface area contributed by atoms with Gasteiger partial charge in [-0.3, -0.25) is 10.2 Å². The van der Waals surface area contributed by atoms with Crippen LogP contribution in [0, 0.1) is 12.3 Å². The Kier molecular flexibility index (Phi) is 3.80. The van der Waals surface area contributed by atoms with Gasteiger partial charge in [0.2, 0.25) is 12.0 Å². The normalized spacial score (nSPS) is 19.0. The maximum absolute atomic E-state index is 12.5. The van der Waals surface area contributed by atoms with Crippen molar-refractivity contribution in [2.24, 2.45) is 10.1 Å². The van der Waals surface area contributed by atoms with Gasteiger partial charge in [-0.2, -0.15) is 15.1 Å². The molecule has 0 saturated carbocycles. The van der Waals surface area contributed by atoms with E-state index < -0.39 is 5.91 Å². The highest BCUT2D eigenvalue weighted by molar-refractivity contribution is 8.27. The molecule has 0 bridgehead atoms. The van der Waals surface area contributed by atoms with Crippen LogP contribution in [0.5, 0.6) is 11.5 Å². The molecule has 2 aromatic carbocycles. The SMILES string of the molecule is Cc1cccc(C2=NN3C(=N)/C(=C/c4ccc5c(c4)OCO5)C(=O)N=C3S2)c1. The fourth-order valence-corrected chi connectivity index (χ4v) is 3.94. The maximum Gasteiger partial charge on any atom is 0.283 e. The highest BCUT2D eigenvalue weighted by Gasteiger charge is 2.36. The third-order valence-corrected chi connectivity index (χ3v) is 5.38. The van der Waals surface area contributed by atoms with Crippen LogP contribution < -0.4 is 9.47 Å². The lowest BCUT2D eigenvalue weighted by Gasteiger charge is -2.20. The molecule has 8 heteroatoms. The summed E-state index contributed by atoms with van der Waals surface area (Å²) in [6.45, 7) is 2.19. The third kappa shape index (κ3) is 2.78. The number of nitrogens with one attached hydrogen (secondary N) is 1. The third-order valence-electron chi connectivity index (χ3n) is 4.43. The van der Waals surface area contributed by atoms with Crippen molar-refractivity contribution in [2.75, 3.05) is 6.79 Å². The second-order valence-electron chi connectivity index (χ2n) is 6.41. The molecule has 5 rings (SSSR count). The summed E-state index contributed by atoms with van der Waals surface area (Å²) in [6, 6.07) is 13.3. The van der Waals surface area contributed by atoms with E-state index >= 15 is 0 Å². The number of benzene rings is 2. The molecule has 0 atom stereocenters. The minimum atomic E-state index is -0.456. The molecule has 1 amide bonds. The van der Waals surface area contributed by atoms with Crippen molar-refractivity contribution in [3.05, 3.63) is 64.7 Å². The predicted molar refractivity (Wildman–Crippen MR) is 108 cm³/mol. The van der Waals surface area contributed by atoms with E-state index in [1.165, 1.54) is 16.8 Å². The monoisotopic (exact) mass is 390 g/mol. The number of aliphatic imine (C=N–C) groups is 1. The molecule has 7 nitrogen and oxygen atoms in total. The average molecular weight is 390 g/mol. The average Bonchev–Trinajstić information content (AvgIpc) is 3.31. The van der Waals surface area contributed by atoms with Gasteiger partial charge in [0.05, 0.1) is 5.57 Å². The van der Waals surface area contributed by atoms with Gasteiger partial charge in [-0.05, 0) is 48.5 Å². The molecule has 0 aromatic heterocycles. The lowest BCUT2D eigenvalue weighted by Crippen LogP contribution is -2.35. The van der Waals surface area contributed by atoms with Crippen LogP contribution in [0.3, 0.4) is 0 Å². The summed E-state index contributed by atoms with van der Waals surface area (Å²) in [5, 5.41) is 15.5. The zero-order valence-corrected chi connectivity index (χ0v) is 15.6. The van der Waals surface area contributed by atoms with Gasteiger partial charge in [0, 0.05) is 5.56 Å². The Morgan fingerprint density at radius 3 is 2.89 bits per heavy atom. The number of ether oxygens (including phenoxy) is 2. The van der Waals surface area contributed by atoms with Gasteiger partial charge in [-0.15, -0.1) is 0 Å².